The van der Waals surface area contributed by atoms with Crippen LogP contribution in [0.5, 0.6) is 5.75 Å². The molecule has 1 aromatic rings. The van der Waals surface area contributed by atoms with Gasteiger partial charge in [-0.3, -0.25) is 0 Å². The lowest BCUT2D eigenvalue weighted by Gasteiger charge is -2.09. The van der Waals surface area contributed by atoms with E-state index < -0.39 is 18.6 Å². The van der Waals surface area contributed by atoms with Gasteiger partial charge in [-0.05, 0) is 37.1 Å². The number of carbonyl (C=O) groups is 1. The number of hydrogen-bond acceptors (Lipinski definition) is 2. The molecule has 0 bridgehead atoms. The Labute approximate surface area is 102 Å². The fourth-order valence-corrected chi connectivity index (χ4v) is 1.43. The SMILES string of the molecule is Cc1cc(OCCCC(F)(F)F)ccc1C(=O)O. The topological polar surface area (TPSA) is 46.5 Å². The van der Waals surface area contributed by atoms with Crippen LogP contribution in [0, 0.1) is 6.92 Å². The first kappa shape index (κ1) is 14.3. The monoisotopic (exact) mass is 262 g/mol. The zero-order valence-electron chi connectivity index (χ0n) is 9.75. The van der Waals surface area contributed by atoms with Crippen LogP contribution in [0.2, 0.25) is 0 Å². The first-order valence-electron chi connectivity index (χ1n) is 5.33. The van der Waals surface area contributed by atoms with E-state index in [2.05, 4.69) is 0 Å². The third kappa shape index (κ3) is 4.65. The van der Waals surface area contributed by atoms with Gasteiger partial charge in [-0.2, -0.15) is 13.2 Å². The van der Waals surface area contributed by atoms with Gasteiger partial charge in [-0.1, -0.05) is 0 Å². The lowest BCUT2D eigenvalue weighted by atomic mass is 10.1. The maximum atomic E-state index is 11.9. The zero-order chi connectivity index (χ0) is 13.8. The van der Waals surface area contributed by atoms with E-state index in [0.29, 0.717) is 11.3 Å². The molecule has 0 aliphatic rings. The van der Waals surface area contributed by atoms with Crippen LogP contribution < -0.4 is 4.74 Å². The van der Waals surface area contributed by atoms with Crippen molar-refractivity contribution in [2.45, 2.75) is 25.9 Å². The zero-order valence-corrected chi connectivity index (χ0v) is 9.75. The summed E-state index contributed by atoms with van der Waals surface area (Å²) in [6.45, 7) is 1.55. The quantitative estimate of drug-likeness (QED) is 0.827. The highest BCUT2D eigenvalue weighted by molar-refractivity contribution is 5.89. The van der Waals surface area contributed by atoms with Crippen molar-refractivity contribution in [1.82, 2.24) is 0 Å². The molecule has 100 valence electrons. The summed E-state index contributed by atoms with van der Waals surface area (Å²) in [5.41, 5.74) is 0.661. The van der Waals surface area contributed by atoms with E-state index in [9.17, 15) is 18.0 Å². The molecule has 0 radical (unpaired) electrons. The van der Waals surface area contributed by atoms with Crippen molar-refractivity contribution in [3.05, 3.63) is 29.3 Å². The molecule has 1 N–H and O–H groups in total. The molecule has 0 aliphatic heterocycles. The highest BCUT2D eigenvalue weighted by Gasteiger charge is 2.26. The highest BCUT2D eigenvalue weighted by Crippen LogP contribution is 2.22. The van der Waals surface area contributed by atoms with Crippen LogP contribution in [0.4, 0.5) is 13.2 Å². The van der Waals surface area contributed by atoms with E-state index in [1.54, 1.807) is 6.92 Å². The largest absolute Gasteiger partial charge is 0.494 e. The van der Waals surface area contributed by atoms with Gasteiger partial charge >= 0.3 is 12.1 Å². The molecule has 6 heteroatoms. The van der Waals surface area contributed by atoms with Gasteiger partial charge in [0.1, 0.15) is 5.75 Å². The van der Waals surface area contributed by atoms with Crippen LogP contribution in [0.15, 0.2) is 18.2 Å². The third-order valence-electron chi connectivity index (χ3n) is 2.30. The smallest absolute Gasteiger partial charge is 0.389 e. The molecule has 0 saturated carbocycles. The van der Waals surface area contributed by atoms with Gasteiger partial charge in [0, 0.05) is 6.42 Å². The molecule has 0 amide bonds. The van der Waals surface area contributed by atoms with Crippen LogP contribution in [-0.2, 0) is 0 Å². The van der Waals surface area contributed by atoms with E-state index in [-0.39, 0.29) is 18.6 Å². The lowest BCUT2D eigenvalue weighted by molar-refractivity contribution is -0.136. The van der Waals surface area contributed by atoms with Crippen molar-refractivity contribution < 1.29 is 27.8 Å². The van der Waals surface area contributed by atoms with Gasteiger partial charge in [-0.25, -0.2) is 4.79 Å². The average molecular weight is 262 g/mol. The number of carboxylic acid groups (broad SMARTS) is 1. The van der Waals surface area contributed by atoms with Crippen molar-refractivity contribution in [3.8, 4) is 5.75 Å². The molecule has 0 aliphatic carbocycles. The first-order valence-corrected chi connectivity index (χ1v) is 5.33. The van der Waals surface area contributed by atoms with E-state index in [4.69, 9.17) is 9.84 Å². The molecule has 0 spiro atoms. The third-order valence-corrected chi connectivity index (χ3v) is 2.30. The molecule has 0 saturated heterocycles. The van der Waals surface area contributed by atoms with Gasteiger partial charge in [-0.15, -0.1) is 0 Å². The minimum atomic E-state index is -4.17. The van der Waals surface area contributed by atoms with Crippen LogP contribution in [-0.4, -0.2) is 23.9 Å². The summed E-state index contributed by atoms with van der Waals surface area (Å²) >= 11 is 0. The molecule has 0 aromatic heterocycles. The summed E-state index contributed by atoms with van der Waals surface area (Å²) in [4.78, 5) is 10.7. The van der Waals surface area contributed by atoms with Crippen molar-refractivity contribution in [3.63, 3.8) is 0 Å². The van der Waals surface area contributed by atoms with E-state index in [0.717, 1.165) is 0 Å². The Kier molecular flexibility index (Phi) is 4.58. The number of carboxylic acids is 1. The second kappa shape index (κ2) is 5.75. The molecule has 3 nitrogen and oxygen atoms in total. The summed E-state index contributed by atoms with van der Waals surface area (Å²) < 4.78 is 40.7. The second-order valence-corrected chi connectivity index (χ2v) is 3.85. The molecule has 0 atom stereocenters. The van der Waals surface area contributed by atoms with Crippen LogP contribution in [0.1, 0.15) is 28.8 Å². The normalized spacial score (nSPS) is 11.3. The Hall–Kier alpha value is -1.72. The maximum Gasteiger partial charge on any atom is 0.389 e. The molecule has 18 heavy (non-hydrogen) atoms. The van der Waals surface area contributed by atoms with Crippen molar-refractivity contribution in [2.75, 3.05) is 6.61 Å². The van der Waals surface area contributed by atoms with Crippen molar-refractivity contribution in [2.24, 2.45) is 0 Å². The number of benzene rings is 1. The Morgan fingerprint density at radius 3 is 2.56 bits per heavy atom. The Bertz CT molecular complexity index is 427. The minimum absolute atomic E-state index is 0.0502. The summed E-state index contributed by atoms with van der Waals surface area (Å²) in [6, 6.07) is 4.30. The van der Waals surface area contributed by atoms with E-state index in [1.165, 1.54) is 18.2 Å². The molecule has 0 fully saturated rings. The molecule has 0 unspecified atom stereocenters. The number of aromatic carboxylic acids is 1. The number of rotatable bonds is 5. The predicted octanol–water partition coefficient (Wildman–Crippen LogP) is 3.41. The standard InChI is InChI=1S/C12H13F3O3/c1-8-7-9(3-4-10(8)11(16)17)18-6-2-5-12(13,14)15/h3-4,7H,2,5-6H2,1H3,(H,16,17). The Morgan fingerprint density at radius 1 is 1.39 bits per heavy atom. The van der Waals surface area contributed by atoms with Gasteiger partial charge in [0.05, 0.1) is 12.2 Å². The van der Waals surface area contributed by atoms with Crippen LogP contribution >= 0.6 is 0 Å². The van der Waals surface area contributed by atoms with Gasteiger partial charge in [0.2, 0.25) is 0 Å². The van der Waals surface area contributed by atoms with Gasteiger partial charge in [0.25, 0.3) is 0 Å². The molecule has 0 heterocycles. The number of alkyl halides is 3. The van der Waals surface area contributed by atoms with Gasteiger partial charge < -0.3 is 9.84 Å². The Morgan fingerprint density at radius 2 is 2.06 bits per heavy atom. The maximum absolute atomic E-state index is 11.9. The average Bonchev–Trinajstić information content (AvgIpc) is 2.22. The number of hydrogen-bond donors (Lipinski definition) is 1. The van der Waals surface area contributed by atoms with Crippen molar-refractivity contribution in [1.29, 1.82) is 0 Å². The second-order valence-electron chi connectivity index (χ2n) is 3.85. The highest BCUT2D eigenvalue weighted by atomic mass is 19.4. The fourth-order valence-electron chi connectivity index (χ4n) is 1.43. The van der Waals surface area contributed by atoms with Crippen molar-refractivity contribution >= 4 is 5.97 Å². The summed E-state index contributed by atoms with van der Waals surface area (Å²) in [5.74, 6) is -0.671. The lowest BCUT2D eigenvalue weighted by Crippen LogP contribution is -2.10. The summed E-state index contributed by atoms with van der Waals surface area (Å²) in [6.07, 6.45) is -5.19. The summed E-state index contributed by atoms with van der Waals surface area (Å²) in [7, 11) is 0. The predicted molar refractivity (Wildman–Crippen MR) is 58.9 cm³/mol. The number of halogens is 3. The van der Waals surface area contributed by atoms with E-state index in [1.807, 2.05) is 0 Å². The molecular weight excluding hydrogens is 249 g/mol. The Balaban J connectivity index is 2.49. The number of ether oxygens (including phenoxy) is 1. The summed E-state index contributed by atoms with van der Waals surface area (Å²) in [5, 5.41) is 8.79. The van der Waals surface area contributed by atoms with E-state index >= 15 is 0 Å². The molecule has 1 aromatic carbocycles. The molecule has 1 rings (SSSR count). The first-order chi connectivity index (χ1) is 8.29. The number of aryl methyl sites for hydroxylation is 1. The minimum Gasteiger partial charge on any atom is -0.494 e. The van der Waals surface area contributed by atoms with Crippen LogP contribution in [0.25, 0.3) is 0 Å². The van der Waals surface area contributed by atoms with Gasteiger partial charge in [0.15, 0.2) is 0 Å². The fraction of sp³-hybridized carbons (Fsp3) is 0.417. The molecular formula is C12H13F3O3. The van der Waals surface area contributed by atoms with Crippen LogP contribution in [0.3, 0.4) is 0 Å².